The van der Waals surface area contributed by atoms with Crippen LogP contribution in [0.5, 0.6) is 5.75 Å². The lowest BCUT2D eigenvalue weighted by Gasteiger charge is -2.22. The van der Waals surface area contributed by atoms with Gasteiger partial charge >= 0.3 is 0 Å². The Kier molecular flexibility index (Phi) is 4.02. The van der Waals surface area contributed by atoms with Crippen LogP contribution in [-0.4, -0.2) is 35.8 Å². The number of aromatic hydroxyl groups is 1. The zero-order chi connectivity index (χ0) is 12.3. The van der Waals surface area contributed by atoms with Crippen LogP contribution in [0.4, 0.5) is 0 Å². The monoisotopic (exact) mass is 235 g/mol. The summed E-state index contributed by atoms with van der Waals surface area (Å²) in [5.74, 6) is 0.397. The molecule has 0 amide bonds. The molecule has 1 N–H and O–H groups in total. The van der Waals surface area contributed by atoms with E-state index in [0.29, 0.717) is 5.75 Å². The van der Waals surface area contributed by atoms with Crippen molar-refractivity contribution in [3.05, 3.63) is 29.3 Å². The molecule has 0 aliphatic carbocycles. The molecule has 17 heavy (non-hydrogen) atoms. The van der Waals surface area contributed by atoms with Gasteiger partial charge < -0.3 is 9.84 Å². The van der Waals surface area contributed by atoms with Crippen LogP contribution in [0.1, 0.15) is 24.5 Å². The zero-order valence-corrected chi connectivity index (χ0v) is 10.6. The third-order valence-electron chi connectivity index (χ3n) is 3.17. The molecule has 1 fully saturated rings. The third-order valence-corrected chi connectivity index (χ3v) is 3.17. The molecule has 1 saturated heterocycles. The number of hydrogen-bond donors (Lipinski definition) is 1. The molecule has 3 nitrogen and oxygen atoms in total. The summed E-state index contributed by atoms with van der Waals surface area (Å²) in [6.45, 7) is 7.79. The second kappa shape index (κ2) is 5.52. The minimum atomic E-state index is 0.282. The van der Waals surface area contributed by atoms with Crippen LogP contribution in [0.15, 0.2) is 18.2 Å². The highest BCUT2D eigenvalue weighted by molar-refractivity contribution is 5.35. The highest BCUT2D eigenvalue weighted by Crippen LogP contribution is 2.21. The standard InChI is InChI=1S/C14H21NO2/c1-11-4-5-14(16)13(8-11)10-15-6-3-7-17-12(2)9-15/h4-5,8,12,16H,3,6-7,9-10H2,1-2H3. The average Bonchev–Trinajstić information content (AvgIpc) is 2.48. The molecule has 1 unspecified atom stereocenters. The second-order valence-corrected chi connectivity index (χ2v) is 4.90. The van der Waals surface area contributed by atoms with Gasteiger partial charge in [0.25, 0.3) is 0 Å². The van der Waals surface area contributed by atoms with Crippen molar-refractivity contribution in [2.45, 2.75) is 32.9 Å². The fourth-order valence-corrected chi connectivity index (χ4v) is 2.31. The smallest absolute Gasteiger partial charge is 0.120 e. The van der Waals surface area contributed by atoms with Crippen LogP contribution >= 0.6 is 0 Å². The van der Waals surface area contributed by atoms with Gasteiger partial charge in [-0.2, -0.15) is 0 Å². The predicted octanol–water partition coefficient (Wildman–Crippen LogP) is 2.31. The minimum absolute atomic E-state index is 0.282. The van der Waals surface area contributed by atoms with E-state index in [4.69, 9.17) is 4.74 Å². The lowest BCUT2D eigenvalue weighted by atomic mass is 10.1. The molecule has 0 spiro atoms. The summed E-state index contributed by atoms with van der Waals surface area (Å²) >= 11 is 0. The minimum Gasteiger partial charge on any atom is -0.508 e. The Balaban J connectivity index is 2.06. The molecule has 1 aliphatic heterocycles. The highest BCUT2D eigenvalue weighted by Gasteiger charge is 2.16. The summed E-state index contributed by atoms with van der Waals surface area (Å²) in [6.07, 6.45) is 1.35. The molecule has 0 radical (unpaired) electrons. The van der Waals surface area contributed by atoms with E-state index in [-0.39, 0.29) is 6.10 Å². The van der Waals surface area contributed by atoms with Gasteiger partial charge in [0, 0.05) is 31.8 Å². The van der Waals surface area contributed by atoms with Gasteiger partial charge in [0.1, 0.15) is 5.75 Å². The van der Waals surface area contributed by atoms with E-state index in [1.54, 1.807) is 6.07 Å². The van der Waals surface area contributed by atoms with Gasteiger partial charge in [-0.05, 0) is 26.3 Å². The van der Waals surface area contributed by atoms with E-state index in [0.717, 1.165) is 38.2 Å². The summed E-state index contributed by atoms with van der Waals surface area (Å²) in [5, 5.41) is 9.84. The van der Waals surface area contributed by atoms with E-state index in [1.807, 2.05) is 6.07 Å². The molecule has 1 aromatic carbocycles. The van der Waals surface area contributed by atoms with Crippen LogP contribution in [-0.2, 0) is 11.3 Å². The maximum atomic E-state index is 9.84. The van der Waals surface area contributed by atoms with E-state index >= 15 is 0 Å². The maximum absolute atomic E-state index is 9.84. The lowest BCUT2D eigenvalue weighted by molar-refractivity contribution is 0.0667. The first-order valence-corrected chi connectivity index (χ1v) is 6.27. The molecule has 3 heteroatoms. The molecule has 1 aliphatic rings. The Morgan fingerprint density at radius 3 is 3.12 bits per heavy atom. The summed E-state index contributed by atoms with van der Waals surface area (Å²) in [5.41, 5.74) is 2.20. The Hall–Kier alpha value is -1.06. The van der Waals surface area contributed by atoms with E-state index in [2.05, 4.69) is 24.8 Å². The fourth-order valence-electron chi connectivity index (χ4n) is 2.31. The number of hydrogen-bond acceptors (Lipinski definition) is 3. The van der Waals surface area contributed by atoms with Crippen molar-refractivity contribution in [3.8, 4) is 5.75 Å². The molecular weight excluding hydrogens is 214 g/mol. The molecular formula is C14H21NO2. The van der Waals surface area contributed by atoms with Crippen molar-refractivity contribution in [1.82, 2.24) is 4.90 Å². The molecule has 1 heterocycles. The van der Waals surface area contributed by atoms with Crippen LogP contribution in [0.2, 0.25) is 0 Å². The van der Waals surface area contributed by atoms with Crippen LogP contribution in [0.3, 0.4) is 0 Å². The quantitative estimate of drug-likeness (QED) is 0.854. The molecule has 94 valence electrons. The number of phenolic OH excluding ortho intramolecular Hbond substituents is 1. The average molecular weight is 235 g/mol. The molecule has 0 saturated carbocycles. The van der Waals surface area contributed by atoms with E-state index in [1.165, 1.54) is 5.56 Å². The van der Waals surface area contributed by atoms with E-state index in [9.17, 15) is 5.11 Å². The first-order chi connectivity index (χ1) is 8.15. The van der Waals surface area contributed by atoms with Crippen molar-refractivity contribution < 1.29 is 9.84 Å². The highest BCUT2D eigenvalue weighted by atomic mass is 16.5. The number of nitrogens with zero attached hydrogens (tertiary/aromatic N) is 1. The molecule has 0 aromatic heterocycles. The third kappa shape index (κ3) is 3.45. The first-order valence-electron chi connectivity index (χ1n) is 6.27. The Bertz CT molecular complexity index is 378. The lowest BCUT2D eigenvalue weighted by Crippen LogP contribution is -2.29. The van der Waals surface area contributed by atoms with Crippen LogP contribution < -0.4 is 0 Å². The Labute approximate surface area is 103 Å². The first kappa shape index (κ1) is 12.4. The number of aryl methyl sites for hydroxylation is 1. The van der Waals surface area contributed by atoms with Gasteiger partial charge in [0.2, 0.25) is 0 Å². The number of benzene rings is 1. The Morgan fingerprint density at radius 1 is 1.47 bits per heavy atom. The van der Waals surface area contributed by atoms with Gasteiger partial charge in [-0.15, -0.1) is 0 Å². The van der Waals surface area contributed by atoms with Crippen molar-refractivity contribution in [3.63, 3.8) is 0 Å². The summed E-state index contributed by atoms with van der Waals surface area (Å²) in [7, 11) is 0. The maximum Gasteiger partial charge on any atom is 0.120 e. The predicted molar refractivity (Wildman–Crippen MR) is 68.2 cm³/mol. The van der Waals surface area contributed by atoms with Crippen LogP contribution in [0.25, 0.3) is 0 Å². The normalized spacial score (nSPS) is 22.4. The molecule has 1 aromatic rings. The van der Waals surface area contributed by atoms with Crippen molar-refractivity contribution in [2.75, 3.05) is 19.7 Å². The number of phenols is 1. The van der Waals surface area contributed by atoms with Gasteiger partial charge in [-0.25, -0.2) is 0 Å². The zero-order valence-electron chi connectivity index (χ0n) is 10.6. The summed E-state index contributed by atoms with van der Waals surface area (Å²) < 4.78 is 5.62. The summed E-state index contributed by atoms with van der Waals surface area (Å²) in [4.78, 5) is 2.35. The van der Waals surface area contributed by atoms with E-state index < -0.39 is 0 Å². The topological polar surface area (TPSA) is 32.7 Å². The molecule has 2 rings (SSSR count). The fraction of sp³-hybridized carbons (Fsp3) is 0.571. The summed E-state index contributed by atoms with van der Waals surface area (Å²) in [6, 6.07) is 5.78. The SMILES string of the molecule is Cc1ccc(O)c(CN2CCCOC(C)C2)c1. The number of rotatable bonds is 2. The van der Waals surface area contributed by atoms with Crippen molar-refractivity contribution >= 4 is 0 Å². The van der Waals surface area contributed by atoms with Gasteiger partial charge in [-0.1, -0.05) is 17.7 Å². The number of ether oxygens (including phenoxy) is 1. The van der Waals surface area contributed by atoms with Gasteiger partial charge in [0.15, 0.2) is 0 Å². The van der Waals surface area contributed by atoms with Gasteiger partial charge in [0.05, 0.1) is 6.10 Å². The Morgan fingerprint density at radius 2 is 2.29 bits per heavy atom. The van der Waals surface area contributed by atoms with Gasteiger partial charge in [-0.3, -0.25) is 4.90 Å². The van der Waals surface area contributed by atoms with Crippen LogP contribution in [0, 0.1) is 6.92 Å². The molecule has 1 atom stereocenters. The van der Waals surface area contributed by atoms with Crippen molar-refractivity contribution in [1.29, 1.82) is 0 Å². The second-order valence-electron chi connectivity index (χ2n) is 4.90. The molecule has 0 bridgehead atoms. The van der Waals surface area contributed by atoms with Crippen molar-refractivity contribution in [2.24, 2.45) is 0 Å². The largest absolute Gasteiger partial charge is 0.508 e.